The van der Waals surface area contributed by atoms with Crippen LogP contribution in [-0.4, -0.2) is 39.4 Å². The van der Waals surface area contributed by atoms with Gasteiger partial charge in [-0.05, 0) is 6.92 Å². The number of hydrogen-bond donors (Lipinski definition) is 1. The van der Waals surface area contributed by atoms with Crippen LogP contribution < -0.4 is 5.73 Å². The molecule has 0 spiro atoms. The predicted molar refractivity (Wildman–Crippen MR) is 61.3 cm³/mol. The van der Waals surface area contributed by atoms with E-state index in [-0.39, 0.29) is 31.9 Å². The van der Waals surface area contributed by atoms with Gasteiger partial charge in [0.2, 0.25) is 0 Å². The van der Waals surface area contributed by atoms with E-state index in [1.807, 2.05) is 0 Å². The molecule has 0 aromatic carbocycles. The molecule has 1 unspecified atom stereocenters. The lowest BCUT2D eigenvalue weighted by Crippen LogP contribution is -2.13. The maximum Gasteiger partial charge on any atom is 0.474 e. The highest BCUT2D eigenvalue weighted by Crippen LogP contribution is 2.48. The number of esters is 1. The zero-order valence-corrected chi connectivity index (χ0v) is 10.9. The maximum absolute atomic E-state index is 11.6. The molecule has 0 aromatic heterocycles. The predicted octanol–water partition coefficient (Wildman–Crippen LogP) is 0.852. The summed E-state index contributed by atoms with van der Waals surface area (Å²) in [5.41, 5.74) is 5.46. The number of nitrogens with two attached hydrogens (primary N) is 1. The fourth-order valence-corrected chi connectivity index (χ4v) is 1.63. The average molecular weight is 267 g/mol. The second kappa shape index (κ2) is 8.38. The molecule has 0 saturated carbocycles. The van der Waals surface area contributed by atoms with Crippen molar-refractivity contribution in [3.8, 4) is 0 Å². The normalized spacial score (nSPS) is 14.1. The van der Waals surface area contributed by atoms with Crippen molar-refractivity contribution < 1.29 is 27.7 Å². The molecule has 0 radical (unpaired) electrons. The molecule has 1 atom stereocenters. The van der Waals surface area contributed by atoms with Gasteiger partial charge in [0.25, 0.3) is 0 Å². The van der Waals surface area contributed by atoms with Crippen molar-refractivity contribution in [3.05, 3.63) is 12.2 Å². The van der Waals surface area contributed by atoms with Gasteiger partial charge in [-0.15, -0.1) is 0 Å². The van der Waals surface area contributed by atoms with E-state index < -0.39 is 13.8 Å². The van der Waals surface area contributed by atoms with Gasteiger partial charge < -0.3 is 10.5 Å². The van der Waals surface area contributed by atoms with Crippen LogP contribution in [0.25, 0.3) is 0 Å². The first kappa shape index (κ1) is 16.3. The Morgan fingerprint density at radius 1 is 1.29 bits per heavy atom. The molecule has 7 nitrogen and oxygen atoms in total. The van der Waals surface area contributed by atoms with Crippen molar-refractivity contribution in [2.75, 3.05) is 33.5 Å². The molecule has 0 fully saturated rings. The lowest BCUT2D eigenvalue weighted by Gasteiger charge is -2.15. The van der Waals surface area contributed by atoms with E-state index >= 15 is 0 Å². The standard InChI is InChI=1S/C9H18NO6P/c1-8(2)9(11)14-6-7-16-17(12,13-3)15-5-4-10/h1,4-7,10H2,2-3H3. The Labute approximate surface area is 100 Å². The molecule has 8 heteroatoms. The topological polar surface area (TPSA) is 97.1 Å². The van der Waals surface area contributed by atoms with Crippen molar-refractivity contribution in [3.63, 3.8) is 0 Å². The zero-order valence-electron chi connectivity index (χ0n) is 10.0. The summed E-state index contributed by atoms with van der Waals surface area (Å²) in [4.78, 5) is 11.0. The highest BCUT2D eigenvalue weighted by atomic mass is 31.2. The summed E-state index contributed by atoms with van der Waals surface area (Å²) in [5.74, 6) is -0.538. The molecular formula is C9H18NO6P. The van der Waals surface area contributed by atoms with E-state index in [4.69, 9.17) is 19.5 Å². The minimum atomic E-state index is -3.59. The zero-order chi connectivity index (χ0) is 13.3. The first-order valence-electron chi connectivity index (χ1n) is 4.92. The number of rotatable bonds is 9. The van der Waals surface area contributed by atoms with Gasteiger partial charge in [-0.1, -0.05) is 6.58 Å². The largest absolute Gasteiger partial charge is 0.474 e. The molecule has 100 valence electrons. The first-order chi connectivity index (χ1) is 7.95. The summed E-state index contributed by atoms with van der Waals surface area (Å²) in [6, 6.07) is 0. The molecule has 0 aliphatic heterocycles. The summed E-state index contributed by atoms with van der Waals surface area (Å²) in [5, 5.41) is 0. The number of phosphoric acid groups is 1. The summed E-state index contributed by atoms with van der Waals surface area (Å²) >= 11 is 0. The Bertz CT molecular complexity index is 306. The van der Waals surface area contributed by atoms with E-state index in [0.29, 0.717) is 0 Å². The Morgan fingerprint density at radius 2 is 1.88 bits per heavy atom. The van der Waals surface area contributed by atoms with Crippen LogP contribution >= 0.6 is 7.82 Å². The third-order valence-corrected chi connectivity index (χ3v) is 2.95. The van der Waals surface area contributed by atoms with E-state index in [1.165, 1.54) is 14.0 Å². The Kier molecular flexibility index (Phi) is 8.03. The van der Waals surface area contributed by atoms with Gasteiger partial charge in [-0.3, -0.25) is 13.6 Å². The van der Waals surface area contributed by atoms with Crippen LogP contribution in [0.15, 0.2) is 12.2 Å². The molecule has 0 aliphatic rings. The molecule has 0 bridgehead atoms. The van der Waals surface area contributed by atoms with Crippen LogP contribution in [0, 0.1) is 0 Å². The summed E-state index contributed by atoms with van der Waals surface area (Å²) in [6.45, 7) is 5.01. The first-order valence-corrected chi connectivity index (χ1v) is 6.39. The molecule has 0 amide bonds. The van der Waals surface area contributed by atoms with Crippen molar-refractivity contribution in [1.82, 2.24) is 0 Å². The molecule has 2 N–H and O–H groups in total. The van der Waals surface area contributed by atoms with Crippen LogP contribution in [0.5, 0.6) is 0 Å². The van der Waals surface area contributed by atoms with Gasteiger partial charge in [-0.2, -0.15) is 0 Å². The number of hydrogen-bond acceptors (Lipinski definition) is 7. The summed E-state index contributed by atoms with van der Waals surface area (Å²) in [7, 11) is -2.40. The Hall–Kier alpha value is -0.720. The summed E-state index contributed by atoms with van der Waals surface area (Å²) in [6.07, 6.45) is 0. The van der Waals surface area contributed by atoms with Crippen LogP contribution in [0.1, 0.15) is 6.92 Å². The van der Waals surface area contributed by atoms with Gasteiger partial charge in [0.05, 0.1) is 13.2 Å². The molecule has 0 saturated heterocycles. The van der Waals surface area contributed by atoms with E-state index in [2.05, 4.69) is 11.1 Å². The van der Waals surface area contributed by atoms with Gasteiger partial charge in [0.1, 0.15) is 6.61 Å². The van der Waals surface area contributed by atoms with Gasteiger partial charge in [0, 0.05) is 19.2 Å². The van der Waals surface area contributed by atoms with Gasteiger partial charge >= 0.3 is 13.8 Å². The monoisotopic (exact) mass is 267 g/mol. The molecule has 17 heavy (non-hydrogen) atoms. The Morgan fingerprint density at radius 3 is 2.35 bits per heavy atom. The fourth-order valence-electron chi connectivity index (χ4n) is 0.714. The fraction of sp³-hybridized carbons (Fsp3) is 0.667. The molecule has 0 aliphatic carbocycles. The van der Waals surface area contributed by atoms with Crippen molar-refractivity contribution in [2.45, 2.75) is 6.92 Å². The lowest BCUT2D eigenvalue weighted by atomic mass is 10.4. The quantitative estimate of drug-likeness (QED) is 0.286. The summed E-state index contributed by atoms with van der Waals surface area (Å²) < 4.78 is 30.6. The van der Waals surface area contributed by atoms with Gasteiger partial charge in [0.15, 0.2) is 0 Å². The minimum Gasteiger partial charge on any atom is -0.460 e. The molecule has 0 aromatic rings. The highest BCUT2D eigenvalue weighted by molar-refractivity contribution is 7.48. The Balaban J connectivity index is 3.88. The van der Waals surface area contributed by atoms with Crippen LogP contribution in [0.3, 0.4) is 0 Å². The van der Waals surface area contributed by atoms with Crippen LogP contribution in [0.4, 0.5) is 0 Å². The SMILES string of the molecule is C=C(C)C(=O)OCCOP(=O)(OC)OCCN. The molecule has 0 rings (SSSR count). The van der Waals surface area contributed by atoms with E-state index in [9.17, 15) is 9.36 Å². The highest BCUT2D eigenvalue weighted by Gasteiger charge is 2.24. The second-order valence-corrected chi connectivity index (χ2v) is 4.78. The third kappa shape index (κ3) is 7.25. The second-order valence-electron chi connectivity index (χ2n) is 3.00. The van der Waals surface area contributed by atoms with Crippen molar-refractivity contribution >= 4 is 13.8 Å². The van der Waals surface area contributed by atoms with Crippen LogP contribution in [0.2, 0.25) is 0 Å². The van der Waals surface area contributed by atoms with Gasteiger partial charge in [-0.25, -0.2) is 9.36 Å². The van der Waals surface area contributed by atoms with Crippen molar-refractivity contribution in [1.29, 1.82) is 0 Å². The smallest absolute Gasteiger partial charge is 0.460 e. The van der Waals surface area contributed by atoms with Crippen LogP contribution in [-0.2, 0) is 27.7 Å². The number of ether oxygens (including phenoxy) is 1. The van der Waals surface area contributed by atoms with E-state index in [1.54, 1.807) is 0 Å². The number of phosphoric ester groups is 1. The third-order valence-electron chi connectivity index (χ3n) is 1.51. The number of carbonyl (C=O) groups is 1. The minimum absolute atomic E-state index is 0.0523. The molecule has 0 heterocycles. The van der Waals surface area contributed by atoms with Crippen molar-refractivity contribution in [2.24, 2.45) is 5.73 Å². The number of carbonyl (C=O) groups excluding carboxylic acids is 1. The lowest BCUT2D eigenvalue weighted by molar-refractivity contribution is -0.139. The maximum atomic E-state index is 11.6. The molecular weight excluding hydrogens is 249 g/mol. The van der Waals surface area contributed by atoms with E-state index in [0.717, 1.165) is 0 Å². The average Bonchev–Trinajstić information content (AvgIpc) is 2.31.